The second kappa shape index (κ2) is 7.94. The third-order valence-corrected chi connectivity index (χ3v) is 5.47. The van der Waals surface area contributed by atoms with Crippen molar-refractivity contribution in [3.63, 3.8) is 0 Å². The van der Waals surface area contributed by atoms with Crippen LogP contribution >= 0.6 is 11.8 Å². The zero-order chi connectivity index (χ0) is 14.4. The van der Waals surface area contributed by atoms with Crippen LogP contribution in [0.5, 0.6) is 5.75 Å². The molecule has 0 aliphatic heterocycles. The fourth-order valence-corrected chi connectivity index (χ4v) is 4.39. The van der Waals surface area contributed by atoms with E-state index in [9.17, 15) is 0 Å². The molecule has 3 unspecified atom stereocenters. The summed E-state index contributed by atoms with van der Waals surface area (Å²) in [6.07, 6.45) is 5.49. The average molecular weight is 293 g/mol. The summed E-state index contributed by atoms with van der Waals surface area (Å²) in [5.41, 5.74) is 7.52. The van der Waals surface area contributed by atoms with E-state index in [2.05, 4.69) is 24.8 Å². The van der Waals surface area contributed by atoms with Gasteiger partial charge in [0.15, 0.2) is 0 Å². The lowest BCUT2D eigenvalue weighted by Gasteiger charge is -2.27. The molecule has 0 aromatic heterocycles. The van der Waals surface area contributed by atoms with Crippen LogP contribution < -0.4 is 10.5 Å². The average Bonchev–Trinajstić information content (AvgIpc) is 2.46. The van der Waals surface area contributed by atoms with Crippen molar-refractivity contribution in [3.8, 4) is 5.75 Å². The molecule has 1 aliphatic carbocycles. The van der Waals surface area contributed by atoms with E-state index < -0.39 is 0 Å². The molecule has 3 atom stereocenters. The number of thioether (sulfide) groups is 1. The minimum atomic E-state index is 0.0694. The SMILES string of the molecule is CCOc1ccccc1C(N)CSC1CCCC(C)C1. The molecule has 0 amide bonds. The predicted octanol–water partition coefficient (Wildman–Crippen LogP) is 4.40. The number of nitrogens with two attached hydrogens (primary N) is 1. The lowest BCUT2D eigenvalue weighted by Crippen LogP contribution is -2.20. The van der Waals surface area contributed by atoms with Gasteiger partial charge in [-0.05, 0) is 31.7 Å². The van der Waals surface area contributed by atoms with Crippen LogP contribution in [0.25, 0.3) is 0 Å². The molecule has 0 saturated heterocycles. The molecule has 2 nitrogen and oxygen atoms in total. The Hall–Kier alpha value is -0.670. The molecule has 2 N–H and O–H groups in total. The second-order valence-electron chi connectivity index (χ2n) is 5.80. The molecule has 3 heteroatoms. The van der Waals surface area contributed by atoms with Crippen LogP contribution in [0.1, 0.15) is 51.1 Å². The summed E-state index contributed by atoms with van der Waals surface area (Å²) in [4.78, 5) is 0. The standard InChI is InChI=1S/C17H27NOS/c1-3-19-17-10-5-4-9-15(17)16(18)12-20-14-8-6-7-13(2)11-14/h4-5,9-10,13-14,16H,3,6-8,11-12,18H2,1-2H3. The van der Waals surface area contributed by atoms with E-state index in [0.29, 0.717) is 6.61 Å². The van der Waals surface area contributed by atoms with Crippen LogP contribution in [0.2, 0.25) is 0 Å². The summed E-state index contributed by atoms with van der Waals surface area (Å²) in [5.74, 6) is 2.81. The van der Waals surface area contributed by atoms with Gasteiger partial charge < -0.3 is 10.5 Å². The molecule has 1 fully saturated rings. The highest BCUT2D eigenvalue weighted by Crippen LogP contribution is 2.34. The molecule has 1 aliphatic rings. The smallest absolute Gasteiger partial charge is 0.124 e. The normalized spacial score (nSPS) is 24.4. The summed E-state index contributed by atoms with van der Waals surface area (Å²) >= 11 is 2.05. The lowest BCUT2D eigenvalue weighted by molar-refractivity contribution is 0.335. The number of rotatable bonds is 6. The number of para-hydroxylation sites is 1. The van der Waals surface area contributed by atoms with E-state index in [-0.39, 0.29) is 6.04 Å². The van der Waals surface area contributed by atoms with E-state index in [4.69, 9.17) is 10.5 Å². The van der Waals surface area contributed by atoms with Crippen molar-refractivity contribution in [2.75, 3.05) is 12.4 Å². The first-order valence-electron chi connectivity index (χ1n) is 7.79. The van der Waals surface area contributed by atoms with Crippen LogP contribution in [0.15, 0.2) is 24.3 Å². The van der Waals surface area contributed by atoms with Gasteiger partial charge in [0.1, 0.15) is 5.75 Å². The molecule has 1 saturated carbocycles. The number of benzene rings is 1. The highest BCUT2D eigenvalue weighted by molar-refractivity contribution is 7.99. The summed E-state index contributed by atoms with van der Waals surface area (Å²) in [6, 6.07) is 8.24. The highest BCUT2D eigenvalue weighted by Gasteiger charge is 2.21. The molecule has 1 aromatic rings. The first-order chi connectivity index (χ1) is 9.70. The molecule has 0 spiro atoms. The first-order valence-corrected chi connectivity index (χ1v) is 8.84. The van der Waals surface area contributed by atoms with Crippen LogP contribution in [0.4, 0.5) is 0 Å². The van der Waals surface area contributed by atoms with E-state index in [1.54, 1.807) is 0 Å². The highest BCUT2D eigenvalue weighted by atomic mass is 32.2. The molecular formula is C17H27NOS. The second-order valence-corrected chi connectivity index (χ2v) is 7.14. The molecular weight excluding hydrogens is 266 g/mol. The number of hydrogen-bond donors (Lipinski definition) is 1. The number of hydrogen-bond acceptors (Lipinski definition) is 3. The Bertz CT molecular complexity index is 410. The van der Waals surface area contributed by atoms with E-state index in [0.717, 1.165) is 28.2 Å². The van der Waals surface area contributed by atoms with Crippen LogP contribution in [0, 0.1) is 5.92 Å². The van der Waals surface area contributed by atoms with Gasteiger partial charge >= 0.3 is 0 Å². The number of ether oxygens (including phenoxy) is 1. The van der Waals surface area contributed by atoms with Gasteiger partial charge in [-0.2, -0.15) is 11.8 Å². The Morgan fingerprint density at radius 1 is 1.35 bits per heavy atom. The van der Waals surface area contributed by atoms with E-state index >= 15 is 0 Å². The molecule has 0 heterocycles. The Morgan fingerprint density at radius 3 is 2.90 bits per heavy atom. The molecule has 1 aromatic carbocycles. The third-order valence-electron chi connectivity index (χ3n) is 4.02. The Balaban J connectivity index is 1.89. The van der Waals surface area contributed by atoms with Crippen molar-refractivity contribution < 1.29 is 4.74 Å². The largest absolute Gasteiger partial charge is 0.494 e. The molecule has 0 bridgehead atoms. The Kier molecular flexibility index (Phi) is 6.24. The first kappa shape index (κ1) is 15.7. The monoisotopic (exact) mass is 293 g/mol. The maximum absolute atomic E-state index is 6.38. The lowest BCUT2D eigenvalue weighted by atomic mass is 9.91. The molecule has 0 radical (unpaired) electrons. The molecule has 112 valence electrons. The minimum Gasteiger partial charge on any atom is -0.494 e. The van der Waals surface area contributed by atoms with Crippen LogP contribution in [0.3, 0.4) is 0 Å². The van der Waals surface area contributed by atoms with Gasteiger partial charge in [0.05, 0.1) is 6.61 Å². The Morgan fingerprint density at radius 2 is 2.15 bits per heavy atom. The minimum absolute atomic E-state index is 0.0694. The van der Waals surface area contributed by atoms with Crippen molar-refractivity contribution in [2.45, 2.75) is 50.8 Å². The third kappa shape index (κ3) is 4.42. The van der Waals surface area contributed by atoms with Gasteiger partial charge in [0, 0.05) is 22.6 Å². The summed E-state index contributed by atoms with van der Waals surface area (Å²) in [7, 11) is 0. The quantitative estimate of drug-likeness (QED) is 0.844. The summed E-state index contributed by atoms with van der Waals surface area (Å²) < 4.78 is 5.68. The zero-order valence-corrected chi connectivity index (χ0v) is 13.5. The van der Waals surface area contributed by atoms with Crippen LogP contribution in [-0.2, 0) is 0 Å². The van der Waals surface area contributed by atoms with Gasteiger partial charge in [-0.1, -0.05) is 38.0 Å². The topological polar surface area (TPSA) is 35.2 Å². The van der Waals surface area contributed by atoms with Crippen molar-refractivity contribution in [2.24, 2.45) is 11.7 Å². The van der Waals surface area contributed by atoms with Crippen molar-refractivity contribution >= 4 is 11.8 Å². The van der Waals surface area contributed by atoms with E-state index in [1.807, 2.05) is 25.1 Å². The zero-order valence-electron chi connectivity index (χ0n) is 12.7. The van der Waals surface area contributed by atoms with Gasteiger partial charge in [-0.25, -0.2) is 0 Å². The van der Waals surface area contributed by atoms with Gasteiger partial charge in [0.25, 0.3) is 0 Å². The van der Waals surface area contributed by atoms with Gasteiger partial charge in [-0.3, -0.25) is 0 Å². The fourth-order valence-electron chi connectivity index (χ4n) is 2.93. The molecule has 20 heavy (non-hydrogen) atoms. The van der Waals surface area contributed by atoms with Crippen molar-refractivity contribution in [3.05, 3.63) is 29.8 Å². The van der Waals surface area contributed by atoms with E-state index in [1.165, 1.54) is 25.7 Å². The summed E-state index contributed by atoms with van der Waals surface area (Å²) in [6.45, 7) is 5.08. The van der Waals surface area contributed by atoms with Gasteiger partial charge in [-0.15, -0.1) is 0 Å². The summed E-state index contributed by atoms with van der Waals surface area (Å²) in [5, 5.41) is 0.795. The van der Waals surface area contributed by atoms with Gasteiger partial charge in [0.2, 0.25) is 0 Å². The van der Waals surface area contributed by atoms with Crippen molar-refractivity contribution in [1.82, 2.24) is 0 Å². The van der Waals surface area contributed by atoms with Crippen LogP contribution in [-0.4, -0.2) is 17.6 Å². The maximum atomic E-state index is 6.38. The predicted molar refractivity (Wildman–Crippen MR) is 88.4 cm³/mol. The maximum Gasteiger partial charge on any atom is 0.124 e. The van der Waals surface area contributed by atoms with Crippen molar-refractivity contribution in [1.29, 1.82) is 0 Å². The molecule has 2 rings (SSSR count). The fraction of sp³-hybridized carbons (Fsp3) is 0.647. The Labute approximate surface area is 127 Å².